The standard InChI is InChI=1S/C19H23NO5/c1-22-13-6-7-14(17(11-13)23-2)16-5-4-9-20(16)12-18-15(8-10-25-18)19(21)24-3/h6-8,10-11,16H,4-5,9,12H2,1-3H3. The minimum atomic E-state index is -0.374. The fraction of sp³-hybridized carbons (Fsp3) is 0.421. The van der Waals surface area contributed by atoms with Crippen molar-refractivity contribution in [3.63, 3.8) is 0 Å². The molecule has 6 heteroatoms. The third-order valence-corrected chi connectivity index (χ3v) is 4.66. The molecule has 0 bridgehead atoms. The molecule has 0 aliphatic carbocycles. The third-order valence-electron chi connectivity index (χ3n) is 4.66. The highest BCUT2D eigenvalue weighted by Crippen LogP contribution is 2.39. The van der Waals surface area contributed by atoms with Crippen molar-refractivity contribution in [2.45, 2.75) is 25.4 Å². The number of carbonyl (C=O) groups is 1. The number of esters is 1. The lowest BCUT2D eigenvalue weighted by Crippen LogP contribution is -2.24. The predicted molar refractivity (Wildman–Crippen MR) is 92.0 cm³/mol. The van der Waals surface area contributed by atoms with Gasteiger partial charge in [0.1, 0.15) is 22.8 Å². The van der Waals surface area contributed by atoms with Gasteiger partial charge < -0.3 is 18.6 Å². The molecular weight excluding hydrogens is 322 g/mol. The fourth-order valence-electron chi connectivity index (χ4n) is 3.40. The van der Waals surface area contributed by atoms with Crippen LogP contribution in [0.25, 0.3) is 0 Å². The van der Waals surface area contributed by atoms with E-state index in [9.17, 15) is 4.79 Å². The van der Waals surface area contributed by atoms with Gasteiger partial charge in [-0.25, -0.2) is 4.79 Å². The molecule has 1 aromatic heterocycles. The number of benzene rings is 1. The topological polar surface area (TPSA) is 61.1 Å². The fourth-order valence-corrected chi connectivity index (χ4v) is 3.40. The quantitative estimate of drug-likeness (QED) is 0.748. The summed E-state index contributed by atoms with van der Waals surface area (Å²) in [5, 5.41) is 0. The van der Waals surface area contributed by atoms with E-state index in [4.69, 9.17) is 18.6 Å². The Morgan fingerprint density at radius 1 is 1.24 bits per heavy atom. The van der Waals surface area contributed by atoms with Gasteiger partial charge in [0.25, 0.3) is 0 Å². The zero-order valence-corrected chi connectivity index (χ0v) is 14.8. The van der Waals surface area contributed by atoms with Crippen molar-refractivity contribution in [3.05, 3.63) is 47.4 Å². The number of hydrogen-bond acceptors (Lipinski definition) is 6. The Kier molecular flexibility index (Phi) is 5.28. The smallest absolute Gasteiger partial charge is 0.341 e. The second-order valence-corrected chi connectivity index (χ2v) is 5.99. The van der Waals surface area contributed by atoms with Gasteiger partial charge >= 0.3 is 5.97 Å². The molecule has 1 aliphatic heterocycles. The van der Waals surface area contributed by atoms with E-state index in [0.717, 1.165) is 36.4 Å². The van der Waals surface area contributed by atoms with Crippen LogP contribution < -0.4 is 9.47 Å². The Labute approximate surface area is 147 Å². The average molecular weight is 345 g/mol. The first-order chi connectivity index (χ1) is 12.2. The van der Waals surface area contributed by atoms with Crippen LogP contribution in [-0.4, -0.2) is 38.7 Å². The van der Waals surface area contributed by atoms with E-state index in [0.29, 0.717) is 17.9 Å². The highest BCUT2D eigenvalue weighted by Gasteiger charge is 2.30. The van der Waals surface area contributed by atoms with Gasteiger partial charge in [0.05, 0.1) is 34.1 Å². The molecule has 0 amide bonds. The second kappa shape index (κ2) is 7.61. The van der Waals surface area contributed by atoms with Gasteiger partial charge in [-0.3, -0.25) is 4.90 Å². The Hall–Kier alpha value is -2.47. The van der Waals surface area contributed by atoms with Gasteiger partial charge in [-0.2, -0.15) is 0 Å². The lowest BCUT2D eigenvalue weighted by Gasteiger charge is -2.25. The Morgan fingerprint density at radius 3 is 2.80 bits per heavy atom. The molecule has 3 rings (SSSR count). The molecule has 134 valence electrons. The first-order valence-electron chi connectivity index (χ1n) is 8.28. The van der Waals surface area contributed by atoms with Gasteiger partial charge in [-0.15, -0.1) is 0 Å². The van der Waals surface area contributed by atoms with Gasteiger partial charge in [-0.1, -0.05) is 6.07 Å². The second-order valence-electron chi connectivity index (χ2n) is 5.99. The van der Waals surface area contributed by atoms with Crippen molar-refractivity contribution in [3.8, 4) is 11.5 Å². The minimum Gasteiger partial charge on any atom is -0.497 e. The van der Waals surface area contributed by atoms with E-state index in [-0.39, 0.29) is 12.0 Å². The number of likely N-dealkylation sites (tertiary alicyclic amines) is 1. The largest absolute Gasteiger partial charge is 0.497 e. The molecule has 0 spiro atoms. The molecule has 0 radical (unpaired) electrons. The molecule has 1 fully saturated rings. The molecule has 1 saturated heterocycles. The molecular formula is C19H23NO5. The first kappa shape index (κ1) is 17.4. The SMILES string of the molecule is COC(=O)c1ccoc1CN1CCCC1c1ccc(OC)cc1OC. The van der Waals surface area contributed by atoms with Crippen LogP contribution in [0.5, 0.6) is 11.5 Å². The molecule has 1 aromatic carbocycles. The van der Waals surface area contributed by atoms with Crippen LogP contribution in [0.1, 0.15) is 40.6 Å². The number of rotatable bonds is 6. The number of ether oxygens (including phenoxy) is 3. The average Bonchev–Trinajstić information content (AvgIpc) is 3.30. The van der Waals surface area contributed by atoms with Crippen molar-refractivity contribution < 1.29 is 23.4 Å². The summed E-state index contributed by atoms with van der Waals surface area (Å²) in [6.45, 7) is 1.48. The zero-order chi connectivity index (χ0) is 17.8. The summed E-state index contributed by atoms with van der Waals surface area (Å²) >= 11 is 0. The van der Waals surface area contributed by atoms with Gasteiger partial charge in [0.2, 0.25) is 0 Å². The monoisotopic (exact) mass is 345 g/mol. The summed E-state index contributed by atoms with van der Waals surface area (Å²) in [7, 11) is 4.68. The van der Waals surface area contributed by atoms with E-state index in [1.807, 2.05) is 18.2 Å². The number of nitrogens with zero attached hydrogens (tertiary/aromatic N) is 1. The van der Waals surface area contributed by atoms with Crippen LogP contribution in [0, 0.1) is 0 Å². The van der Waals surface area contributed by atoms with Crippen molar-refractivity contribution in [2.75, 3.05) is 27.9 Å². The molecule has 25 heavy (non-hydrogen) atoms. The molecule has 1 atom stereocenters. The minimum absolute atomic E-state index is 0.205. The van der Waals surface area contributed by atoms with E-state index in [2.05, 4.69) is 4.90 Å². The summed E-state index contributed by atoms with van der Waals surface area (Å²) in [5.41, 5.74) is 1.60. The Bertz CT molecular complexity index is 739. The van der Waals surface area contributed by atoms with Gasteiger partial charge in [0, 0.05) is 17.7 Å². The third kappa shape index (κ3) is 3.49. The normalized spacial score (nSPS) is 17.5. The summed E-state index contributed by atoms with van der Waals surface area (Å²) in [5.74, 6) is 1.83. The van der Waals surface area contributed by atoms with Gasteiger partial charge in [0.15, 0.2) is 0 Å². The molecule has 0 saturated carbocycles. The summed E-state index contributed by atoms with van der Waals surface area (Å²) < 4.78 is 21.2. The maximum absolute atomic E-state index is 11.9. The van der Waals surface area contributed by atoms with Crippen LogP contribution >= 0.6 is 0 Å². The van der Waals surface area contributed by atoms with E-state index >= 15 is 0 Å². The zero-order valence-electron chi connectivity index (χ0n) is 14.8. The summed E-state index contributed by atoms with van der Waals surface area (Å²) in [6, 6.07) is 7.75. The molecule has 0 N–H and O–H groups in total. The highest BCUT2D eigenvalue weighted by molar-refractivity contribution is 5.90. The van der Waals surface area contributed by atoms with Crippen molar-refractivity contribution >= 4 is 5.97 Å². The van der Waals surface area contributed by atoms with E-state index < -0.39 is 0 Å². The van der Waals surface area contributed by atoms with Gasteiger partial charge in [-0.05, 0) is 31.5 Å². The van der Waals surface area contributed by atoms with Crippen LogP contribution in [0.15, 0.2) is 34.9 Å². The van der Waals surface area contributed by atoms with Crippen LogP contribution in [0.3, 0.4) is 0 Å². The van der Waals surface area contributed by atoms with E-state index in [1.165, 1.54) is 13.4 Å². The molecule has 2 heterocycles. The molecule has 1 unspecified atom stereocenters. The summed E-state index contributed by atoms with van der Waals surface area (Å²) in [6.07, 6.45) is 3.63. The maximum atomic E-state index is 11.9. The van der Waals surface area contributed by atoms with Crippen LogP contribution in [0.2, 0.25) is 0 Å². The molecule has 1 aliphatic rings. The number of carbonyl (C=O) groups excluding carboxylic acids is 1. The lowest BCUT2D eigenvalue weighted by atomic mass is 10.0. The highest BCUT2D eigenvalue weighted by atomic mass is 16.5. The van der Waals surface area contributed by atoms with Crippen molar-refractivity contribution in [1.82, 2.24) is 4.90 Å². The molecule has 2 aromatic rings. The van der Waals surface area contributed by atoms with E-state index in [1.54, 1.807) is 20.3 Å². The van der Waals surface area contributed by atoms with Crippen molar-refractivity contribution in [2.24, 2.45) is 0 Å². The van der Waals surface area contributed by atoms with Crippen molar-refractivity contribution in [1.29, 1.82) is 0 Å². The van der Waals surface area contributed by atoms with Crippen LogP contribution in [0.4, 0.5) is 0 Å². The Balaban J connectivity index is 1.84. The number of furan rings is 1. The summed E-state index contributed by atoms with van der Waals surface area (Å²) in [4.78, 5) is 14.2. The lowest BCUT2D eigenvalue weighted by molar-refractivity contribution is 0.0596. The predicted octanol–water partition coefficient (Wildman–Crippen LogP) is 3.42. The molecule has 6 nitrogen and oxygen atoms in total. The Morgan fingerprint density at radius 2 is 2.08 bits per heavy atom. The maximum Gasteiger partial charge on any atom is 0.341 e. The number of methoxy groups -OCH3 is 3. The van der Waals surface area contributed by atoms with Crippen LogP contribution in [-0.2, 0) is 11.3 Å². The number of hydrogen-bond donors (Lipinski definition) is 0. The first-order valence-corrected chi connectivity index (χ1v) is 8.28.